The third-order valence-electron chi connectivity index (χ3n) is 3.31. The average molecular weight is 312 g/mol. The van der Waals surface area contributed by atoms with Gasteiger partial charge in [-0.2, -0.15) is 0 Å². The second-order valence-corrected chi connectivity index (χ2v) is 4.88. The highest BCUT2D eigenvalue weighted by atomic mass is 35.5. The largest absolute Gasteiger partial charge is 0.352 e. The average Bonchev–Trinajstić information content (AvgIpc) is 2.52. The molecule has 0 spiro atoms. The van der Waals surface area contributed by atoms with Gasteiger partial charge in [0, 0.05) is 43.9 Å². The molecule has 21 heavy (non-hydrogen) atoms. The molecular weight excluding hydrogens is 290 g/mol. The quantitative estimate of drug-likeness (QED) is 0.881. The van der Waals surface area contributed by atoms with Crippen LogP contribution in [0.5, 0.6) is 0 Å². The zero-order valence-electron chi connectivity index (χ0n) is 12.2. The number of nitrogens with zero attached hydrogens (tertiary/aromatic N) is 1. The summed E-state index contributed by atoms with van der Waals surface area (Å²) >= 11 is 0. The first-order valence-corrected chi connectivity index (χ1v) is 7.10. The van der Waals surface area contributed by atoms with Gasteiger partial charge in [-0.1, -0.05) is 13.0 Å². The Bertz CT molecular complexity index is 488. The number of carbonyl (C=O) groups is 2. The van der Waals surface area contributed by atoms with Gasteiger partial charge in [-0.15, -0.1) is 12.4 Å². The molecule has 0 atom stereocenters. The number of rotatable bonds is 4. The summed E-state index contributed by atoms with van der Waals surface area (Å²) in [5.41, 5.74) is 1.12. The Balaban J connectivity index is 0.00000220. The number of halogens is 1. The van der Waals surface area contributed by atoms with E-state index in [1.165, 1.54) is 0 Å². The van der Waals surface area contributed by atoms with Gasteiger partial charge in [0.05, 0.1) is 0 Å². The Morgan fingerprint density at radius 3 is 2.57 bits per heavy atom. The first-order valence-electron chi connectivity index (χ1n) is 7.10. The van der Waals surface area contributed by atoms with E-state index in [9.17, 15) is 9.59 Å². The van der Waals surface area contributed by atoms with Crippen molar-refractivity contribution in [1.29, 1.82) is 0 Å². The van der Waals surface area contributed by atoms with E-state index in [0.29, 0.717) is 30.8 Å². The van der Waals surface area contributed by atoms with Crippen LogP contribution in [0, 0.1) is 0 Å². The molecule has 0 aliphatic carbocycles. The fourth-order valence-corrected chi connectivity index (χ4v) is 2.18. The van der Waals surface area contributed by atoms with Crippen molar-refractivity contribution in [3.8, 4) is 0 Å². The summed E-state index contributed by atoms with van der Waals surface area (Å²) < 4.78 is 0. The van der Waals surface area contributed by atoms with Gasteiger partial charge in [-0.05, 0) is 24.6 Å². The Morgan fingerprint density at radius 1 is 1.24 bits per heavy atom. The normalized spacial score (nSPS) is 14.2. The van der Waals surface area contributed by atoms with Gasteiger partial charge < -0.3 is 15.5 Å². The van der Waals surface area contributed by atoms with Crippen molar-refractivity contribution in [1.82, 2.24) is 15.5 Å². The van der Waals surface area contributed by atoms with Crippen molar-refractivity contribution >= 4 is 24.2 Å². The predicted molar refractivity (Wildman–Crippen MR) is 85.1 cm³/mol. The lowest BCUT2D eigenvalue weighted by Crippen LogP contribution is -2.46. The fraction of sp³-hybridized carbons (Fsp3) is 0.467. The molecule has 1 heterocycles. The van der Waals surface area contributed by atoms with Gasteiger partial charge >= 0.3 is 0 Å². The van der Waals surface area contributed by atoms with Crippen LogP contribution in [-0.4, -0.2) is 49.4 Å². The molecule has 0 bridgehead atoms. The number of hydrogen-bond donors (Lipinski definition) is 2. The van der Waals surface area contributed by atoms with E-state index in [-0.39, 0.29) is 24.2 Å². The topological polar surface area (TPSA) is 61.4 Å². The highest BCUT2D eigenvalue weighted by Gasteiger charge is 2.18. The molecule has 5 nitrogen and oxygen atoms in total. The molecule has 1 aromatic rings. The molecule has 116 valence electrons. The molecule has 0 unspecified atom stereocenters. The molecule has 0 radical (unpaired) electrons. The Kier molecular flexibility index (Phi) is 7.19. The lowest BCUT2D eigenvalue weighted by atomic mass is 10.1. The van der Waals surface area contributed by atoms with Crippen LogP contribution >= 0.6 is 12.4 Å². The molecule has 1 saturated heterocycles. The monoisotopic (exact) mass is 311 g/mol. The van der Waals surface area contributed by atoms with E-state index in [4.69, 9.17) is 0 Å². The molecule has 1 aliphatic heterocycles. The summed E-state index contributed by atoms with van der Waals surface area (Å²) in [6.45, 7) is 5.72. The number of amides is 2. The third kappa shape index (κ3) is 4.72. The van der Waals surface area contributed by atoms with Crippen LogP contribution in [0.1, 0.15) is 34.1 Å². The van der Waals surface area contributed by atoms with Crippen LogP contribution in [0.25, 0.3) is 0 Å². The van der Waals surface area contributed by atoms with Gasteiger partial charge in [0.2, 0.25) is 0 Å². The molecule has 1 aliphatic rings. The fourth-order valence-electron chi connectivity index (χ4n) is 2.18. The highest BCUT2D eigenvalue weighted by molar-refractivity contribution is 5.99. The van der Waals surface area contributed by atoms with Gasteiger partial charge in [-0.25, -0.2) is 0 Å². The van der Waals surface area contributed by atoms with Crippen molar-refractivity contribution in [2.75, 3.05) is 32.7 Å². The Labute approximate surface area is 131 Å². The zero-order chi connectivity index (χ0) is 14.4. The van der Waals surface area contributed by atoms with Crippen LogP contribution in [0.2, 0.25) is 0 Å². The highest BCUT2D eigenvalue weighted by Crippen LogP contribution is 2.09. The Hall–Kier alpha value is -1.59. The predicted octanol–water partition coefficient (Wildman–Crippen LogP) is 1.29. The van der Waals surface area contributed by atoms with Gasteiger partial charge in [0.15, 0.2) is 0 Å². The lowest BCUT2D eigenvalue weighted by Gasteiger charge is -2.27. The van der Waals surface area contributed by atoms with Gasteiger partial charge in [0.1, 0.15) is 0 Å². The van der Waals surface area contributed by atoms with Crippen molar-refractivity contribution < 1.29 is 9.59 Å². The van der Waals surface area contributed by atoms with Gasteiger partial charge in [-0.3, -0.25) is 9.59 Å². The maximum Gasteiger partial charge on any atom is 0.253 e. The number of nitrogens with one attached hydrogen (secondary N) is 2. The van der Waals surface area contributed by atoms with E-state index in [1.807, 2.05) is 11.8 Å². The van der Waals surface area contributed by atoms with Crippen LogP contribution in [0.15, 0.2) is 24.3 Å². The number of benzene rings is 1. The van der Waals surface area contributed by atoms with E-state index < -0.39 is 0 Å². The number of carbonyl (C=O) groups excluding carboxylic acids is 2. The van der Waals surface area contributed by atoms with Crippen molar-refractivity contribution in [2.24, 2.45) is 0 Å². The minimum Gasteiger partial charge on any atom is -0.352 e. The van der Waals surface area contributed by atoms with Crippen LogP contribution < -0.4 is 10.6 Å². The smallest absolute Gasteiger partial charge is 0.253 e. The molecular formula is C15H22ClN3O2. The summed E-state index contributed by atoms with van der Waals surface area (Å²) in [5.74, 6) is -0.126. The number of piperazine rings is 1. The molecule has 6 heteroatoms. The first kappa shape index (κ1) is 17.5. The molecule has 0 aromatic heterocycles. The lowest BCUT2D eigenvalue weighted by molar-refractivity contribution is 0.0736. The van der Waals surface area contributed by atoms with Crippen LogP contribution in [0.3, 0.4) is 0 Å². The first-order chi connectivity index (χ1) is 9.72. The standard InChI is InChI=1S/C15H21N3O2.ClH/c1-2-6-17-14(19)12-4-3-5-13(11-12)15(20)18-9-7-16-8-10-18;/h3-5,11,16H,2,6-10H2,1H3,(H,17,19);1H. The molecule has 2 amide bonds. The van der Waals surface area contributed by atoms with E-state index >= 15 is 0 Å². The number of hydrogen-bond acceptors (Lipinski definition) is 3. The molecule has 1 fully saturated rings. The summed E-state index contributed by atoms with van der Waals surface area (Å²) in [5, 5.41) is 6.04. The van der Waals surface area contributed by atoms with Crippen molar-refractivity contribution in [3.05, 3.63) is 35.4 Å². The van der Waals surface area contributed by atoms with Crippen LogP contribution in [-0.2, 0) is 0 Å². The van der Waals surface area contributed by atoms with Crippen LogP contribution in [0.4, 0.5) is 0 Å². The van der Waals surface area contributed by atoms with Gasteiger partial charge in [0.25, 0.3) is 11.8 Å². The second-order valence-electron chi connectivity index (χ2n) is 4.88. The minimum atomic E-state index is -0.123. The third-order valence-corrected chi connectivity index (χ3v) is 3.31. The zero-order valence-corrected chi connectivity index (χ0v) is 13.0. The molecule has 1 aromatic carbocycles. The molecule has 0 saturated carbocycles. The Morgan fingerprint density at radius 2 is 1.90 bits per heavy atom. The van der Waals surface area contributed by atoms with Crippen molar-refractivity contribution in [2.45, 2.75) is 13.3 Å². The minimum absolute atomic E-state index is 0. The van der Waals surface area contributed by atoms with E-state index in [1.54, 1.807) is 24.3 Å². The SMILES string of the molecule is CCCNC(=O)c1cccc(C(=O)N2CCNCC2)c1.Cl. The summed E-state index contributed by atoms with van der Waals surface area (Å²) in [7, 11) is 0. The van der Waals surface area contributed by atoms with E-state index in [0.717, 1.165) is 19.5 Å². The maximum absolute atomic E-state index is 12.4. The second kappa shape index (κ2) is 8.64. The maximum atomic E-state index is 12.4. The summed E-state index contributed by atoms with van der Waals surface area (Å²) in [6.07, 6.45) is 0.894. The van der Waals surface area contributed by atoms with E-state index in [2.05, 4.69) is 10.6 Å². The summed E-state index contributed by atoms with van der Waals surface area (Å²) in [4.78, 5) is 26.1. The van der Waals surface area contributed by atoms with Crippen molar-refractivity contribution in [3.63, 3.8) is 0 Å². The summed E-state index contributed by atoms with van der Waals surface area (Å²) in [6, 6.07) is 6.94. The molecule has 2 rings (SSSR count). The molecule has 2 N–H and O–H groups in total.